The van der Waals surface area contributed by atoms with E-state index in [4.69, 9.17) is 21.1 Å². The molecule has 0 bridgehead atoms. The molecule has 0 spiro atoms. The molecule has 4 rings (SSSR count). The summed E-state index contributed by atoms with van der Waals surface area (Å²) in [4.78, 5) is 26.0. The van der Waals surface area contributed by atoms with E-state index in [-0.39, 0.29) is 5.91 Å². The van der Waals surface area contributed by atoms with Crippen LogP contribution in [0.3, 0.4) is 0 Å². The molecule has 9 heteroatoms. The number of methoxy groups -OCH3 is 2. The van der Waals surface area contributed by atoms with Crippen LogP contribution in [0.2, 0.25) is 5.02 Å². The zero-order valence-electron chi connectivity index (χ0n) is 18.0. The highest BCUT2D eigenvalue weighted by Crippen LogP contribution is 2.39. The fraction of sp³-hybridized carbons (Fsp3) is 0.409. The van der Waals surface area contributed by atoms with Crippen LogP contribution in [0.25, 0.3) is 10.2 Å². The van der Waals surface area contributed by atoms with Gasteiger partial charge in [0.1, 0.15) is 28.5 Å². The van der Waals surface area contributed by atoms with E-state index < -0.39 is 0 Å². The summed E-state index contributed by atoms with van der Waals surface area (Å²) < 4.78 is 10.6. The van der Waals surface area contributed by atoms with Gasteiger partial charge in [0.25, 0.3) is 5.91 Å². The van der Waals surface area contributed by atoms with Crippen molar-refractivity contribution in [1.29, 1.82) is 0 Å². The second kappa shape index (κ2) is 8.88. The first-order valence-corrected chi connectivity index (χ1v) is 11.4. The van der Waals surface area contributed by atoms with Crippen molar-refractivity contribution in [3.05, 3.63) is 33.9 Å². The van der Waals surface area contributed by atoms with Crippen LogP contribution < -0.4 is 19.7 Å². The first-order valence-electron chi connectivity index (χ1n) is 10.2. The number of anilines is 2. The van der Waals surface area contributed by atoms with Gasteiger partial charge in [-0.2, -0.15) is 0 Å². The smallest absolute Gasteiger partial charge is 0.266 e. The summed E-state index contributed by atoms with van der Waals surface area (Å²) in [6.45, 7) is 5.14. The summed E-state index contributed by atoms with van der Waals surface area (Å²) >= 11 is 7.62. The van der Waals surface area contributed by atoms with Gasteiger partial charge in [-0.1, -0.05) is 11.6 Å². The van der Waals surface area contributed by atoms with E-state index >= 15 is 0 Å². The molecule has 1 atom stereocenters. The van der Waals surface area contributed by atoms with Crippen molar-refractivity contribution in [1.82, 2.24) is 9.97 Å². The molecule has 0 unspecified atom stereocenters. The number of hydrogen-bond donors (Lipinski definition) is 1. The van der Waals surface area contributed by atoms with Crippen LogP contribution in [0.15, 0.2) is 18.5 Å². The highest BCUT2D eigenvalue weighted by Gasteiger charge is 2.26. The summed E-state index contributed by atoms with van der Waals surface area (Å²) in [6.07, 6.45) is 5.10. The summed E-state index contributed by atoms with van der Waals surface area (Å²) in [6, 6.07) is 3.69. The number of nitrogens with zero attached hydrogens (tertiary/aromatic N) is 3. The average molecular weight is 461 g/mol. The standard InChI is InChI=1S/C22H25ClN4O3S/c1-12-7-5-6-8-27(12)20-18-13(2)19(31-22(18)25-11-24-20)21(28)26-15-9-14(23)16(29-3)10-17(15)30-4/h9-12H,5-8H2,1-4H3,(H,26,28)/t12-/m0/s1. The molecular weight excluding hydrogens is 436 g/mol. The predicted octanol–water partition coefficient (Wildman–Crippen LogP) is 5.30. The lowest BCUT2D eigenvalue weighted by atomic mass is 10.0. The highest BCUT2D eigenvalue weighted by atomic mass is 35.5. The number of rotatable bonds is 5. The number of amides is 1. The minimum absolute atomic E-state index is 0.238. The zero-order valence-corrected chi connectivity index (χ0v) is 19.6. The SMILES string of the molecule is COc1cc(OC)c(NC(=O)c2sc3ncnc(N4CCCC[C@@H]4C)c3c2C)cc1Cl. The zero-order chi connectivity index (χ0) is 22.1. The van der Waals surface area contributed by atoms with E-state index in [1.54, 1.807) is 18.5 Å². The van der Waals surface area contributed by atoms with E-state index in [1.807, 2.05) is 6.92 Å². The van der Waals surface area contributed by atoms with Gasteiger partial charge in [-0.25, -0.2) is 9.97 Å². The maximum atomic E-state index is 13.2. The van der Waals surface area contributed by atoms with Crippen molar-refractivity contribution in [3.63, 3.8) is 0 Å². The van der Waals surface area contributed by atoms with Crippen molar-refractivity contribution in [2.75, 3.05) is 31.0 Å². The normalized spacial score (nSPS) is 16.4. The van der Waals surface area contributed by atoms with Gasteiger partial charge < -0.3 is 19.7 Å². The minimum atomic E-state index is -0.238. The van der Waals surface area contributed by atoms with Gasteiger partial charge >= 0.3 is 0 Å². The van der Waals surface area contributed by atoms with Crippen molar-refractivity contribution in [3.8, 4) is 11.5 Å². The Bertz CT molecular complexity index is 1130. The van der Waals surface area contributed by atoms with E-state index in [0.717, 1.165) is 41.0 Å². The number of thiophene rings is 1. The lowest BCUT2D eigenvalue weighted by molar-refractivity contribution is 0.102. The number of ether oxygens (including phenoxy) is 2. The monoisotopic (exact) mass is 460 g/mol. The molecule has 0 saturated carbocycles. The third-order valence-corrected chi connectivity index (χ3v) is 7.20. The summed E-state index contributed by atoms with van der Waals surface area (Å²) in [5.74, 6) is 1.62. The molecule has 3 aromatic rings. The number of piperidine rings is 1. The first kappa shape index (κ1) is 21.6. The molecule has 1 fully saturated rings. The minimum Gasteiger partial charge on any atom is -0.495 e. The fourth-order valence-corrected chi connectivity index (χ4v) is 5.32. The van der Waals surface area contributed by atoms with E-state index in [2.05, 4.69) is 27.1 Å². The number of aromatic nitrogens is 2. The molecule has 1 saturated heterocycles. The molecule has 3 heterocycles. The fourth-order valence-electron chi connectivity index (χ4n) is 4.04. The lowest BCUT2D eigenvalue weighted by Gasteiger charge is -2.34. The number of benzene rings is 1. The molecule has 1 aromatic carbocycles. The molecule has 1 N–H and O–H groups in total. The van der Waals surface area contributed by atoms with Crippen molar-refractivity contribution < 1.29 is 14.3 Å². The van der Waals surface area contributed by atoms with Gasteiger partial charge in [0.05, 0.1) is 35.2 Å². The van der Waals surface area contributed by atoms with E-state index in [9.17, 15) is 4.79 Å². The van der Waals surface area contributed by atoms with Crippen LogP contribution in [-0.2, 0) is 0 Å². The number of fused-ring (bicyclic) bond motifs is 1. The second-order valence-corrected chi connectivity index (χ2v) is 9.02. The summed E-state index contributed by atoms with van der Waals surface area (Å²) in [7, 11) is 3.06. The average Bonchev–Trinajstić information content (AvgIpc) is 3.11. The summed E-state index contributed by atoms with van der Waals surface area (Å²) in [5.41, 5.74) is 1.36. The molecule has 31 heavy (non-hydrogen) atoms. The number of carbonyl (C=O) groups is 1. The maximum Gasteiger partial charge on any atom is 0.266 e. The molecule has 1 aliphatic heterocycles. The van der Waals surface area contributed by atoms with Gasteiger partial charge in [-0.15, -0.1) is 11.3 Å². The van der Waals surface area contributed by atoms with E-state index in [0.29, 0.717) is 33.1 Å². The molecule has 1 amide bonds. The largest absolute Gasteiger partial charge is 0.495 e. The van der Waals surface area contributed by atoms with Crippen LogP contribution in [-0.4, -0.2) is 42.7 Å². The molecule has 0 aliphatic carbocycles. The van der Waals surface area contributed by atoms with Crippen LogP contribution in [0.4, 0.5) is 11.5 Å². The number of hydrogen-bond acceptors (Lipinski definition) is 7. The number of carbonyl (C=O) groups excluding carboxylic acids is 1. The first-order chi connectivity index (χ1) is 14.9. The van der Waals surface area contributed by atoms with Crippen LogP contribution in [0, 0.1) is 6.92 Å². The quantitative estimate of drug-likeness (QED) is 0.556. The van der Waals surface area contributed by atoms with E-state index in [1.165, 1.54) is 32.0 Å². The van der Waals surface area contributed by atoms with Crippen LogP contribution >= 0.6 is 22.9 Å². The maximum absolute atomic E-state index is 13.2. The Labute approximate surface area is 190 Å². The van der Waals surface area contributed by atoms with Gasteiger partial charge in [0, 0.05) is 18.7 Å². The Kier molecular flexibility index (Phi) is 6.20. The Balaban J connectivity index is 1.71. The van der Waals surface area contributed by atoms with Gasteiger partial charge in [-0.3, -0.25) is 4.79 Å². The third-order valence-electron chi connectivity index (χ3n) is 5.71. The van der Waals surface area contributed by atoms with Gasteiger partial charge in [-0.05, 0) is 44.7 Å². The lowest BCUT2D eigenvalue weighted by Crippen LogP contribution is -2.38. The Morgan fingerprint density at radius 1 is 1.23 bits per heavy atom. The predicted molar refractivity (Wildman–Crippen MR) is 125 cm³/mol. The van der Waals surface area contributed by atoms with Crippen molar-refractivity contribution in [2.24, 2.45) is 0 Å². The molecule has 7 nitrogen and oxygen atoms in total. The Morgan fingerprint density at radius 3 is 2.71 bits per heavy atom. The molecule has 164 valence electrons. The number of halogens is 1. The Morgan fingerprint density at radius 2 is 2.00 bits per heavy atom. The third kappa shape index (κ3) is 4.02. The van der Waals surface area contributed by atoms with Crippen molar-refractivity contribution >= 4 is 50.6 Å². The molecule has 0 radical (unpaired) electrons. The van der Waals surface area contributed by atoms with Crippen LogP contribution in [0.5, 0.6) is 11.5 Å². The second-order valence-electron chi connectivity index (χ2n) is 7.61. The highest BCUT2D eigenvalue weighted by molar-refractivity contribution is 7.20. The number of aryl methyl sites for hydroxylation is 1. The Hall–Kier alpha value is -2.58. The van der Waals surface area contributed by atoms with Gasteiger partial charge in [0.15, 0.2) is 0 Å². The molecular formula is C22H25ClN4O3S. The summed E-state index contributed by atoms with van der Waals surface area (Å²) in [5, 5.41) is 4.26. The molecule has 2 aromatic heterocycles. The number of nitrogens with one attached hydrogen (secondary N) is 1. The topological polar surface area (TPSA) is 76.6 Å². The van der Waals surface area contributed by atoms with Crippen LogP contribution in [0.1, 0.15) is 41.4 Å². The van der Waals surface area contributed by atoms with Crippen molar-refractivity contribution in [2.45, 2.75) is 39.2 Å². The van der Waals surface area contributed by atoms with Gasteiger partial charge in [0.2, 0.25) is 0 Å². The molecule has 1 aliphatic rings.